The Morgan fingerprint density at radius 3 is 2.50 bits per heavy atom. The summed E-state index contributed by atoms with van der Waals surface area (Å²) in [6.45, 7) is 2.76. The number of rotatable bonds is 5. The molecule has 0 aliphatic carbocycles. The molecule has 4 aromatic rings. The SMILES string of the molecule is CC(=O)CCn1c(Cn2nnc3ccccc32)nc2ccccc21. The molecule has 0 spiro atoms. The minimum Gasteiger partial charge on any atom is -0.326 e. The number of aromatic nitrogens is 5. The third-order valence-electron chi connectivity index (χ3n) is 4.13. The molecule has 4 rings (SSSR count). The highest BCUT2D eigenvalue weighted by Crippen LogP contribution is 2.19. The molecular formula is C18H17N5O. The monoisotopic (exact) mass is 319 g/mol. The Bertz CT molecular complexity index is 1030. The van der Waals surface area contributed by atoms with Gasteiger partial charge in [-0.25, -0.2) is 9.67 Å². The van der Waals surface area contributed by atoms with Crippen molar-refractivity contribution in [1.29, 1.82) is 0 Å². The van der Waals surface area contributed by atoms with Gasteiger partial charge in [-0.1, -0.05) is 29.5 Å². The lowest BCUT2D eigenvalue weighted by molar-refractivity contribution is -0.117. The van der Waals surface area contributed by atoms with Crippen LogP contribution in [0.1, 0.15) is 19.2 Å². The second-order valence-electron chi connectivity index (χ2n) is 5.86. The molecule has 0 N–H and O–H groups in total. The maximum atomic E-state index is 11.4. The Kier molecular flexibility index (Phi) is 3.57. The van der Waals surface area contributed by atoms with E-state index in [0.29, 0.717) is 19.5 Å². The Morgan fingerprint density at radius 1 is 1.00 bits per heavy atom. The number of nitrogens with zero attached hydrogens (tertiary/aromatic N) is 5. The van der Waals surface area contributed by atoms with Gasteiger partial charge in [-0.05, 0) is 31.2 Å². The Hall–Kier alpha value is -3.02. The molecule has 6 heteroatoms. The van der Waals surface area contributed by atoms with Crippen molar-refractivity contribution in [3.05, 3.63) is 54.4 Å². The van der Waals surface area contributed by atoms with Gasteiger partial charge >= 0.3 is 0 Å². The van der Waals surface area contributed by atoms with E-state index in [4.69, 9.17) is 4.98 Å². The number of hydrogen-bond donors (Lipinski definition) is 0. The fourth-order valence-electron chi connectivity index (χ4n) is 2.93. The summed E-state index contributed by atoms with van der Waals surface area (Å²) >= 11 is 0. The third-order valence-corrected chi connectivity index (χ3v) is 4.13. The number of imidazole rings is 1. The van der Waals surface area contributed by atoms with Crippen LogP contribution in [0, 0.1) is 0 Å². The molecule has 2 aromatic heterocycles. The highest BCUT2D eigenvalue weighted by atomic mass is 16.1. The highest BCUT2D eigenvalue weighted by Gasteiger charge is 2.13. The minimum atomic E-state index is 0.171. The number of carbonyl (C=O) groups excluding carboxylic acids is 1. The van der Waals surface area contributed by atoms with Crippen LogP contribution >= 0.6 is 0 Å². The van der Waals surface area contributed by atoms with E-state index in [1.807, 2.05) is 53.2 Å². The van der Waals surface area contributed by atoms with Gasteiger partial charge in [0.1, 0.15) is 23.7 Å². The van der Waals surface area contributed by atoms with E-state index in [9.17, 15) is 4.79 Å². The molecule has 0 aliphatic heterocycles. The zero-order chi connectivity index (χ0) is 16.5. The van der Waals surface area contributed by atoms with Gasteiger partial charge in [0.05, 0.1) is 16.6 Å². The summed E-state index contributed by atoms with van der Waals surface area (Å²) in [6.07, 6.45) is 0.492. The van der Waals surface area contributed by atoms with Crippen molar-refractivity contribution >= 4 is 27.9 Å². The van der Waals surface area contributed by atoms with E-state index in [1.165, 1.54) is 0 Å². The van der Waals surface area contributed by atoms with E-state index in [-0.39, 0.29) is 5.78 Å². The standard InChI is InChI=1S/C18H17N5O/c1-13(24)10-11-22-16-8-4-2-6-14(16)19-18(22)12-23-17-9-5-3-7-15(17)20-21-23/h2-9H,10-12H2,1H3. The smallest absolute Gasteiger partial charge is 0.131 e. The van der Waals surface area contributed by atoms with Crippen molar-refractivity contribution in [2.45, 2.75) is 26.4 Å². The molecule has 0 bridgehead atoms. The number of carbonyl (C=O) groups is 1. The van der Waals surface area contributed by atoms with Crippen LogP contribution in [0.15, 0.2) is 48.5 Å². The van der Waals surface area contributed by atoms with E-state index in [1.54, 1.807) is 6.92 Å². The normalized spacial score (nSPS) is 11.4. The first-order valence-electron chi connectivity index (χ1n) is 7.94. The quantitative estimate of drug-likeness (QED) is 0.567. The second kappa shape index (κ2) is 5.88. The van der Waals surface area contributed by atoms with E-state index in [2.05, 4.69) is 14.9 Å². The first-order valence-corrected chi connectivity index (χ1v) is 7.94. The topological polar surface area (TPSA) is 65.6 Å². The summed E-state index contributed by atoms with van der Waals surface area (Å²) in [5.74, 6) is 1.05. The number of benzene rings is 2. The maximum absolute atomic E-state index is 11.4. The zero-order valence-electron chi connectivity index (χ0n) is 13.4. The lowest BCUT2D eigenvalue weighted by Gasteiger charge is -2.08. The van der Waals surface area contributed by atoms with Crippen molar-refractivity contribution in [2.24, 2.45) is 0 Å². The zero-order valence-corrected chi connectivity index (χ0v) is 13.4. The molecule has 24 heavy (non-hydrogen) atoms. The van der Waals surface area contributed by atoms with Crippen LogP contribution in [-0.2, 0) is 17.9 Å². The van der Waals surface area contributed by atoms with Crippen molar-refractivity contribution in [2.75, 3.05) is 0 Å². The molecule has 0 unspecified atom stereocenters. The number of Topliss-reactive ketones (excluding diaryl/α,β-unsaturated/α-hetero) is 1. The molecule has 0 aliphatic rings. The first kappa shape index (κ1) is 14.6. The minimum absolute atomic E-state index is 0.171. The van der Waals surface area contributed by atoms with Crippen LogP contribution in [0.4, 0.5) is 0 Å². The number of ketones is 1. The van der Waals surface area contributed by atoms with Gasteiger partial charge in [0.15, 0.2) is 0 Å². The molecule has 0 saturated carbocycles. The van der Waals surface area contributed by atoms with Gasteiger partial charge in [-0.15, -0.1) is 5.10 Å². The molecular weight excluding hydrogens is 302 g/mol. The fraction of sp³-hybridized carbons (Fsp3) is 0.222. The molecule has 2 aromatic carbocycles. The number of para-hydroxylation sites is 3. The van der Waals surface area contributed by atoms with Crippen molar-refractivity contribution < 1.29 is 4.79 Å². The van der Waals surface area contributed by atoms with Crippen molar-refractivity contribution in [3.8, 4) is 0 Å². The van der Waals surface area contributed by atoms with Crippen molar-refractivity contribution in [3.63, 3.8) is 0 Å². The Morgan fingerprint density at radius 2 is 1.71 bits per heavy atom. The van der Waals surface area contributed by atoms with Gasteiger partial charge in [-0.2, -0.15) is 0 Å². The summed E-state index contributed by atoms with van der Waals surface area (Å²) in [6, 6.07) is 15.8. The summed E-state index contributed by atoms with van der Waals surface area (Å²) in [5, 5.41) is 8.44. The van der Waals surface area contributed by atoms with Crippen LogP contribution in [0.3, 0.4) is 0 Å². The third kappa shape index (κ3) is 2.56. The summed E-state index contributed by atoms with van der Waals surface area (Å²) in [7, 11) is 0. The lowest BCUT2D eigenvalue weighted by atomic mass is 10.3. The molecule has 6 nitrogen and oxygen atoms in total. The van der Waals surface area contributed by atoms with Gasteiger partial charge in [0.25, 0.3) is 0 Å². The summed E-state index contributed by atoms with van der Waals surface area (Å²) < 4.78 is 3.95. The van der Waals surface area contributed by atoms with Gasteiger partial charge in [0.2, 0.25) is 0 Å². The second-order valence-corrected chi connectivity index (χ2v) is 5.86. The first-order chi connectivity index (χ1) is 11.7. The molecule has 120 valence electrons. The van der Waals surface area contributed by atoms with Crippen LogP contribution < -0.4 is 0 Å². The molecule has 0 saturated heterocycles. The molecule has 0 atom stereocenters. The predicted octanol–water partition coefficient (Wildman–Crippen LogP) is 2.81. The fourth-order valence-corrected chi connectivity index (χ4v) is 2.93. The van der Waals surface area contributed by atoms with Gasteiger partial charge in [-0.3, -0.25) is 4.79 Å². The number of fused-ring (bicyclic) bond motifs is 2. The molecule has 0 radical (unpaired) electrons. The maximum Gasteiger partial charge on any atom is 0.131 e. The van der Waals surface area contributed by atoms with E-state index >= 15 is 0 Å². The predicted molar refractivity (Wildman–Crippen MR) is 91.7 cm³/mol. The summed E-state index contributed by atoms with van der Waals surface area (Å²) in [5.41, 5.74) is 3.81. The highest BCUT2D eigenvalue weighted by molar-refractivity contribution is 5.78. The summed E-state index contributed by atoms with van der Waals surface area (Å²) in [4.78, 5) is 16.2. The Balaban J connectivity index is 1.77. The van der Waals surface area contributed by atoms with Crippen LogP contribution in [-0.4, -0.2) is 30.3 Å². The van der Waals surface area contributed by atoms with E-state index < -0.39 is 0 Å². The van der Waals surface area contributed by atoms with Gasteiger partial charge < -0.3 is 4.57 Å². The van der Waals surface area contributed by atoms with Crippen LogP contribution in [0.25, 0.3) is 22.1 Å². The average molecular weight is 319 g/mol. The molecule has 0 fully saturated rings. The Labute approximate surface area is 138 Å². The van der Waals surface area contributed by atoms with Gasteiger partial charge in [0, 0.05) is 13.0 Å². The lowest BCUT2D eigenvalue weighted by Crippen LogP contribution is -2.11. The largest absolute Gasteiger partial charge is 0.326 e. The van der Waals surface area contributed by atoms with E-state index in [0.717, 1.165) is 27.9 Å². The number of aryl methyl sites for hydroxylation is 1. The van der Waals surface area contributed by atoms with Crippen LogP contribution in [0.5, 0.6) is 0 Å². The average Bonchev–Trinajstić information content (AvgIpc) is 3.15. The van der Waals surface area contributed by atoms with Crippen molar-refractivity contribution in [1.82, 2.24) is 24.5 Å². The van der Waals surface area contributed by atoms with Crippen LogP contribution in [0.2, 0.25) is 0 Å². The number of hydrogen-bond acceptors (Lipinski definition) is 4. The molecule has 2 heterocycles. The molecule has 0 amide bonds.